The second kappa shape index (κ2) is 4.68. The van der Waals surface area contributed by atoms with Crippen LogP contribution in [-0.2, 0) is 6.42 Å². The molecule has 2 heterocycles. The summed E-state index contributed by atoms with van der Waals surface area (Å²) in [6, 6.07) is 8.14. The molecule has 0 saturated carbocycles. The molecule has 0 spiro atoms. The number of nitrogens with one attached hydrogen (secondary N) is 1. The quantitative estimate of drug-likeness (QED) is 0.840. The number of nitrogens with zero attached hydrogens (tertiary/aromatic N) is 1. The number of carbonyl (C=O) groups is 1. The SMILES string of the molecule is CC1=CC=C[N+]1(C)CC1CCc2[nH]c3ccccc3c2C1=O. The van der Waals surface area contributed by atoms with Crippen LogP contribution < -0.4 is 0 Å². The van der Waals surface area contributed by atoms with Crippen molar-refractivity contribution in [3.63, 3.8) is 0 Å². The van der Waals surface area contributed by atoms with E-state index in [-0.39, 0.29) is 5.92 Å². The van der Waals surface area contributed by atoms with E-state index in [9.17, 15) is 4.79 Å². The number of carbonyl (C=O) groups excluding carboxylic acids is 1. The molecule has 2 unspecified atom stereocenters. The van der Waals surface area contributed by atoms with Gasteiger partial charge in [0.05, 0.1) is 19.5 Å². The summed E-state index contributed by atoms with van der Waals surface area (Å²) in [4.78, 5) is 16.5. The maximum Gasteiger partial charge on any atom is 0.174 e. The smallest absolute Gasteiger partial charge is 0.174 e. The Kier molecular flexibility index (Phi) is 2.88. The predicted molar refractivity (Wildman–Crippen MR) is 88.4 cm³/mol. The van der Waals surface area contributed by atoms with Gasteiger partial charge in [0, 0.05) is 29.1 Å². The predicted octanol–water partition coefficient (Wildman–Crippen LogP) is 3.79. The van der Waals surface area contributed by atoms with Crippen molar-refractivity contribution in [2.45, 2.75) is 19.8 Å². The fourth-order valence-corrected chi connectivity index (χ4v) is 3.82. The lowest BCUT2D eigenvalue weighted by Crippen LogP contribution is -2.42. The van der Waals surface area contributed by atoms with E-state index in [4.69, 9.17) is 0 Å². The molecule has 3 heteroatoms. The third-order valence-electron chi connectivity index (χ3n) is 5.30. The molecule has 0 fully saturated rings. The Balaban J connectivity index is 1.70. The Morgan fingerprint density at radius 3 is 2.91 bits per heavy atom. The Bertz CT molecular complexity index is 827. The molecule has 1 N–H and O–H groups in total. The minimum absolute atomic E-state index is 0.0998. The molecular weight excluding hydrogens is 272 g/mol. The van der Waals surface area contributed by atoms with Gasteiger partial charge in [0.1, 0.15) is 11.9 Å². The number of rotatable bonds is 2. The summed E-state index contributed by atoms with van der Waals surface area (Å²) >= 11 is 0. The van der Waals surface area contributed by atoms with E-state index in [1.165, 1.54) is 5.70 Å². The fraction of sp³-hybridized carbons (Fsp3) is 0.316. The number of benzene rings is 1. The van der Waals surface area contributed by atoms with E-state index in [0.717, 1.165) is 46.0 Å². The lowest BCUT2D eigenvalue weighted by atomic mass is 9.84. The molecule has 1 aliphatic heterocycles. The van der Waals surface area contributed by atoms with Crippen LogP contribution in [0.1, 0.15) is 29.4 Å². The zero-order valence-electron chi connectivity index (χ0n) is 13.1. The summed E-state index contributed by atoms with van der Waals surface area (Å²) in [6.07, 6.45) is 8.33. The summed E-state index contributed by atoms with van der Waals surface area (Å²) in [6.45, 7) is 3.00. The molecular formula is C19H21N2O+. The van der Waals surface area contributed by atoms with Crippen molar-refractivity contribution in [3.8, 4) is 0 Å². The van der Waals surface area contributed by atoms with Crippen molar-refractivity contribution in [3.05, 3.63) is 59.6 Å². The first kappa shape index (κ1) is 13.5. The van der Waals surface area contributed by atoms with Crippen LogP contribution in [0.15, 0.2) is 48.3 Å². The minimum atomic E-state index is 0.0998. The van der Waals surface area contributed by atoms with Crippen molar-refractivity contribution < 1.29 is 9.28 Å². The van der Waals surface area contributed by atoms with Crippen LogP contribution in [0.5, 0.6) is 0 Å². The number of aryl methyl sites for hydroxylation is 1. The number of para-hydroxylation sites is 1. The molecule has 0 radical (unpaired) electrons. The molecule has 1 aliphatic carbocycles. The highest BCUT2D eigenvalue weighted by atomic mass is 16.1. The second-order valence-corrected chi connectivity index (χ2v) is 6.72. The highest BCUT2D eigenvalue weighted by molar-refractivity contribution is 6.11. The van der Waals surface area contributed by atoms with Crippen LogP contribution in [0.2, 0.25) is 0 Å². The van der Waals surface area contributed by atoms with Gasteiger partial charge >= 0.3 is 0 Å². The van der Waals surface area contributed by atoms with Crippen molar-refractivity contribution in [2.24, 2.45) is 5.92 Å². The molecule has 3 nitrogen and oxygen atoms in total. The Hall–Kier alpha value is -2.13. The molecule has 0 amide bonds. The zero-order chi connectivity index (χ0) is 15.3. The molecule has 1 aromatic carbocycles. The van der Waals surface area contributed by atoms with Gasteiger partial charge in [-0.2, -0.15) is 0 Å². The molecule has 4 rings (SSSR count). The van der Waals surface area contributed by atoms with E-state index in [1.807, 2.05) is 12.1 Å². The van der Waals surface area contributed by atoms with Gasteiger partial charge in [-0.25, -0.2) is 0 Å². The molecule has 112 valence electrons. The first-order valence-electron chi connectivity index (χ1n) is 7.94. The van der Waals surface area contributed by atoms with Crippen LogP contribution in [0.4, 0.5) is 0 Å². The van der Waals surface area contributed by atoms with Crippen LogP contribution in [0.3, 0.4) is 0 Å². The Labute approximate surface area is 130 Å². The molecule has 0 saturated heterocycles. The van der Waals surface area contributed by atoms with Gasteiger partial charge in [-0.1, -0.05) is 18.2 Å². The van der Waals surface area contributed by atoms with Crippen molar-refractivity contribution in [1.29, 1.82) is 0 Å². The van der Waals surface area contributed by atoms with Gasteiger partial charge in [-0.3, -0.25) is 9.28 Å². The molecule has 0 bridgehead atoms. The highest BCUT2D eigenvalue weighted by Crippen LogP contribution is 2.34. The van der Waals surface area contributed by atoms with Crippen LogP contribution in [0.25, 0.3) is 10.9 Å². The number of aromatic nitrogens is 1. The fourth-order valence-electron chi connectivity index (χ4n) is 3.82. The van der Waals surface area contributed by atoms with Gasteiger partial charge in [0.15, 0.2) is 5.78 Å². The first-order chi connectivity index (χ1) is 10.6. The lowest BCUT2D eigenvalue weighted by molar-refractivity contribution is -0.820. The number of Topliss-reactive ketones (excluding diaryl/α,β-unsaturated/α-hetero) is 1. The average molecular weight is 293 g/mol. The number of ketones is 1. The lowest BCUT2D eigenvalue weighted by Gasteiger charge is -2.33. The van der Waals surface area contributed by atoms with Gasteiger partial charge in [-0.15, -0.1) is 0 Å². The number of fused-ring (bicyclic) bond motifs is 3. The standard InChI is InChI=1S/C19H20N2O/c1-13-6-5-11-21(13,2)12-14-9-10-17-18(19(14)22)15-7-3-4-8-16(15)20-17/h3-8,11,14H,9-10,12H2,1-2H3/p+1. The summed E-state index contributed by atoms with van der Waals surface area (Å²) in [5.41, 5.74) is 4.44. The first-order valence-corrected chi connectivity index (χ1v) is 7.94. The highest BCUT2D eigenvalue weighted by Gasteiger charge is 2.37. The maximum absolute atomic E-state index is 13.1. The molecule has 2 aromatic rings. The van der Waals surface area contributed by atoms with E-state index in [2.05, 4.69) is 49.4 Å². The largest absolute Gasteiger partial charge is 0.358 e. The number of hydrogen-bond donors (Lipinski definition) is 1. The summed E-state index contributed by atoms with van der Waals surface area (Å²) in [7, 11) is 2.19. The molecule has 1 aromatic heterocycles. The van der Waals surface area contributed by atoms with E-state index >= 15 is 0 Å². The topological polar surface area (TPSA) is 32.9 Å². The number of H-pyrrole nitrogens is 1. The summed E-state index contributed by atoms with van der Waals surface area (Å²) < 4.78 is 0.758. The van der Waals surface area contributed by atoms with E-state index < -0.39 is 0 Å². The number of hydrogen-bond acceptors (Lipinski definition) is 1. The molecule has 2 atom stereocenters. The molecule has 2 aliphatic rings. The van der Waals surface area contributed by atoms with Crippen LogP contribution >= 0.6 is 0 Å². The van der Waals surface area contributed by atoms with Crippen LogP contribution in [0, 0.1) is 5.92 Å². The number of allylic oxidation sites excluding steroid dienone is 3. The molecule has 22 heavy (non-hydrogen) atoms. The summed E-state index contributed by atoms with van der Waals surface area (Å²) in [5.74, 6) is 0.411. The van der Waals surface area contributed by atoms with E-state index in [1.54, 1.807) is 0 Å². The average Bonchev–Trinajstić information content (AvgIpc) is 3.04. The van der Waals surface area contributed by atoms with Gasteiger partial charge in [-0.05, 0) is 31.1 Å². The zero-order valence-corrected chi connectivity index (χ0v) is 13.1. The second-order valence-electron chi connectivity index (χ2n) is 6.72. The monoisotopic (exact) mass is 293 g/mol. The van der Waals surface area contributed by atoms with E-state index in [0.29, 0.717) is 5.78 Å². The summed E-state index contributed by atoms with van der Waals surface area (Å²) in [5, 5.41) is 1.08. The number of aromatic amines is 1. The van der Waals surface area contributed by atoms with Crippen LogP contribution in [-0.4, -0.2) is 28.8 Å². The Morgan fingerprint density at radius 2 is 2.14 bits per heavy atom. The minimum Gasteiger partial charge on any atom is -0.358 e. The van der Waals surface area contributed by atoms with Crippen molar-refractivity contribution >= 4 is 16.7 Å². The third-order valence-corrected chi connectivity index (χ3v) is 5.30. The third kappa shape index (κ3) is 1.89. The van der Waals surface area contributed by atoms with Crippen molar-refractivity contribution in [1.82, 2.24) is 4.98 Å². The van der Waals surface area contributed by atoms with Crippen molar-refractivity contribution in [2.75, 3.05) is 13.6 Å². The van der Waals surface area contributed by atoms with Gasteiger partial charge in [0.2, 0.25) is 0 Å². The number of quaternary nitrogens is 1. The Morgan fingerprint density at radius 1 is 1.32 bits per heavy atom. The van der Waals surface area contributed by atoms with Gasteiger partial charge < -0.3 is 4.98 Å². The normalized spacial score (nSPS) is 27.3. The maximum atomic E-state index is 13.1. The van der Waals surface area contributed by atoms with Gasteiger partial charge in [0.25, 0.3) is 0 Å².